The van der Waals surface area contributed by atoms with Crippen LogP contribution in [0.15, 0.2) is 0 Å². The predicted octanol–water partition coefficient (Wildman–Crippen LogP) is 0.844. The van der Waals surface area contributed by atoms with Crippen molar-refractivity contribution < 1.29 is 8.42 Å². The number of rotatable bonds is 1. The van der Waals surface area contributed by atoms with E-state index < -0.39 is 10.0 Å². The summed E-state index contributed by atoms with van der Waals surface area (Å²) >= 11 is 2.30. The van der Waals surface area contributed by atoms with E-state index in [1.807, 2.05) is 6.92 Å². The maximum Gasteiger partial charge on any atom is 0.211 e. The molecule has 0 radical (unpaired) electrons. The smallest absolute Gasteiger partial charge is 0.211 e. The molecule has 0 spiro atoms. The molecule has 0 unspecified atom stereocenters. The van der Waals surface area contributed by atoms with Crippen LogP contribution in [0.5, 0.6) is 0 Å². The van der Waals surface area contributed by atoms with E-state index >= 15 is 0 Å². The first kappa shape index (κ1) is 9.73. The van der Waals surface area contributed by atoms with Crippen LogP contribution < -0.4 is 0 Å². The van der Waals surface area contributed by atoms with Gasteiger partial charge in [-0.25, -0.2) is 8.42 Å². The van der Waals surface area contributed by atoms with Crippen molar-refractivity contribution in [3.63, 3.8) is 0 Å². The maximum absolute atomic E-state index is 11.1. The summed E-state index contributed by atoms with van der Waals surface area (Å²) in [5.74, 6) is 0. The van der Waals surface area contributed by atoms with E-state index in [1.54, 1.807) is 4.31 Å². The fourth-order valence-electron chi connectivity index (χ4n) is 1.40. The Morgan fingerprint density at radius 1 is 1.55 bits per heavy atom. The van der Waals surface area contributed by atoms with Crippen LogP contribution in [0.3, 0.4) is 0 Å². The number of halogens is 1. The topological polar surface area (TPSA) is 37.4 Å². The van der Waals surface area contributed by atoms with Crippen LogP contribution >= 0.6 is 22.6 Å². The summed E-state index contributed by atoms with van der Waals surface area (Å²) in [6.45, 7) is 2.64. The number of sulfonamides is 1. The number of alkyl halides is 1. The summed E-state index contributed by atoms with van der Waals surface area (Å²) in [6.07, 6.45) is 2.26. The molecule has 1 aliphatic heterocycles. The van der Waals surface area contributed by atoms with E-state index in [9.17, 15) is 8.42 Å². The lowest BCUT2D eigenvalue weighted by atomic mass is 10.3. The highest BCUT2D eigenvalue weighted by Gasteiger charge is 2.32. The van der Waals surface area contributed by atoms with Crippen LogP contribution in [-0.2, 0) is 10.0 Å². The highest BCUT2D eigenvalue weighted by molar-refractivity contribution is 14.1. The average Bonchev–Trinajstić information content (AvgIpc) is 2.08. The van der Waals surface area contributed by atoms with Gasteiger partial charge in [-0.05, 0) is 13.3 Å². The lowest BCUT2D eigenvalue weighted by Crippen LogP contribution is -2.32. The van der Waals surface area contributed by atoms with Gasteiger partial charge in [-0.1, -0.05) is 22.6 Å². The molecule has 0 aromatic rings. The van der Waals surface area contributed by atoms with E-state index in [-0.39, 0.29) is 6.04 Å². The second-order valence-electron chi connectivity index (χ2n) is 3.01. The summed E-state index contributed by atoms with van der Waals surface area (Å²) in [5.41, 5.74) is 0. The number of hydrogen-bond donors (Lipinski definition) is 0. The third-order valence-electron chi connectivity index (χ3n) is 1.89. The van der Waals surface area contributed by atoms with Crippen LogP contribution in [0.1, 0.15) is 13.3 Å². The van der Waals surface area contributed by atoms with Gasteiger partial charge < -0.3 is 0 Å². The van der Waals surface area contributed by atoms with Crippen molar-refractivity contribution in [3.05, 3.63) is 0 Å². The molecule has 3 nitrogen and oxygen atoms in total. The molecule has 0 bridgehead atoms. The van der Waals surface area contributed by atoms with Gasteiger partial charge >= 0.3 is 0 Å². The molecule has 0 aromatic heterocycles. The first-order valence-corrected chi connectivity index (χ1v) is 6.61. The molecule has 5 heteroatoms. The zero-order valence-electron chi connectivity index (χ0n) is 6.62. The molecule has 66 valence electrons. The van der Waals surface area contributed by atoms with Crippen LogP contribution in [0.2, 0.25) is 0 Å². The lowest BCUT2D eigenvalue weighted by molar-refractivity contribution is 0.412. The number of nitrogens with zero attached hydrogens (tertiary/aromatic N) is 1. The molecular formula is C6H12INO2S. The number of hydrogen-bond acceptors (Lipinski definition) is 2. The molecule has 0 aromatic carbocycles. The minimum atomic E-state index is -2.96. The summed E-state index contributed by atoms with van der Waals surface area (Å²) in [6, 6.07) is 0.187. The van der Waals surface area contributed by atoms with Crippen molar-refractivity contribution in [1.82, 2.24) is 4.31 Å². The first-order valence-electron chi connectivity index (χ1n) is 3.52. The summed E-state index contributed by atoms with van der Waals surface area (Å²) in [5, 5.41) is 0. The predicted molar refractivity (Wildman–Crippen MR) is 53.4 cm³/mol. The van der Waals surface area contributed by atoms with Gasteiger partial charge in [0.2, 0.25) is 10.0 Å². The zero-order valence-corrected chi connectivity index (χ0v) is 9.59. The quantitative estimate of drug-likeness (QED) is 0.530. The Bertz CT molecular complexity index is 239. The second-order valence-corrected chi connectivity index (χ2v) is 6.71. The molecule has 0 amide bonds. The van der Waals surface area contributed by atoms with Crippen molar-refractivity contribution in [2.45, 2.75) is 23.3 Å². The van der Waals surface area contributed by atoms with Crippen molar-refractivity contribution in [2.75, 3.05) is 12.8 Å². The van der Waals surface area contributed by atoms with Crippen LogP contribution in [-0.4, -0.2) is 35.5 Å². The Kier molecular flexibility index (Phi) is 2.81. The van der Waals surface area contributed by atoms with E-state index in [4.69, 9.17) is 0 Å². The Labute approximate surface area is 81.3 Å². The second kappa shape index (κ2) is 3.18. The van der Waals surface area contributed by atoms with E-state index in [2.05, 4.69) is 22.6 Å². The van der Waals surface area contributed by atoms with Gasteiger partial charge in [0.15, 0.2) is 0 Å². The van der Waals surface area contributed by atoms with Crippen molar-refractivity contribution in [1.29, 1.82) is 0 Å². The van der Waals surface area contributed by atoms with Crippen molar-refractivity contribution >= 4 is 32.6 Å². The molecule has 11 heavy (non-hydrogen) atoms. The standard InChI is InChI=1S/C6H12INO2S/c1-5-3-6(7)4-8(5)11(2,9)10/h5-6H,3-4H2,1-2H3/t5-,6-/m0/s1. The molecule has 1 saturated heterocycles. The molecule has 0 aliphatic carbocycles. The van der Waals surface area contributed by atoms with E-state index in [0.29, 0.717) is 10.5 Å². The molecule has 1 heterocycles. The molecule has 0 saturated carbocycles. The van der Waals surface area contributed by atoms with E-state index in [0.717, 1.165) is 6.42 Å². The Morgan fingerprint density at radius 3 is 2.27 bits per heavy atom. The van der Waals surface area contributed by atoms with Crippen LogP contribution in [0.25, 0.3) is 0 Å². The largest absolute Gasteiger partial charge is 0.212 e. The highest BCUT2D eigenvalue weighted by Crippen LogP contribution is 2.25. The Hall–Kier alpha value is 0.640. The summed E-state index contributed by atoms with van der Waals surface area (Å²) in [7, 11) is -2.96. The monoisotopic (exact) mass is 289 g/mol. The Balaban J connectivity index is 2.76. The minimum Gasteiger partial charge on any atom is -0.212 e. The maximum atomic E-state index is 11.1. The molecule has 1 rings (SSSR count). The van der Waals surface area contributed by atoms with Gasteiger partial charge in [0.1, 0.15) is 0 Å². The third kappa shape index (κ3) is 2.29. The van der Waals surface area contributed by atoms with Gasteiger partial charge in [0.25, 0.3) is 0 Å². The average molecular weight is 289 g/mol. The van der Waals surface area contributed by atoms with Gasteiger partial charge in [-0.15, -0.1) is 0 Å². The van der Waals surface area contributed by atoms with Crippen LogP contribution in [0, 0.1) is 0 Å². The molecular weight excluding hydrogens is 277 g/mol. The fourth-order valence-corrected chi connectivity index (χ4v) is 4.02. The lowest BCUT2D eigenvalue weighted by Gasteiger charge is -2.17. The normalized spacial score (nSPS) is 34.5. The molecule has 1 fully saturated rings. The van der Waals surface area contributed by atoms with Crippen LogP contribution in [0.4, 0.5) is 0 Å². The van der Waals surface area contributed by atoms with Gasteiger partial charge in [-0.3, -0.25) is 0 Å². The Morgan fingerprint density at radius 2 is 2.09 bits per heavy atom. The van der Waals surface area contributed by atoms with Crippen molar-refractivity contribution in [2.24, 2.45) is 0 Å². The minimum absolute atomic E-state index is 0.187. The summed E-state index contributed by atoms with van der Waals surface area (Å²) in [4.78, 5) is 0. The molecule has 1 aliphatic rings. The van der Waals surface area contributed by atoms with Crippen molar-refractivity contribution in [3.8, 4) is 0 Å². The highest BCUT2D eigenvalue weighted by atomic mass is 127. The van der Waals surface area contributed by atoms with Gasteiger partial charge in [0.05, 0.1) is 6.26 Å². The van der Waals surface area contributed by atoms with Gasteiger partial charge in [-0.2, -0.15) is 4.31 Å². The third-order valence-corrected chi connectivity index (χ3v) is 4.16. The van der Waals surface area contributed by atoms with Gasteiger partial charge in [0, 0.05) is 16.5 Å². The SMILES string of the molecule is C[C@H]1C[C@H](I)CN1S(C)(=O)=O. The first-order chi connectivity index (χ1) is 4.91. The fraction of sp³-hybridized carbons (Fsp3) is 1.00. The zero-order chi connectivity index (χ0) is 8.65. The summed E-state index contributed by atoms with van der Waals surface area (Å²) < 4.78 is 24.3. The molecule has 0 N–H and O–H groups in total. The van der Waals surface area contributed by atoms with E-state index in [1.165, 1.54) is 6.26 Å². The molecule has 2 atom stereocenters.